The van der Waals surface area contributed by atoms with Gasteiger partial charge in [0.15, 0.2) is 0 Å². The van der Waals surface area contributed by atoms with Gasteiger partial charge in [-0.3, -0.25) is 0 Å². The summed E-state index contributed by atoms with van der Waals surface area (Å²) >= 11 is 0. The molecule has 4 heteroatoms. The summed E-state index contributed by atoms with van der Waals surface area (Å²) in [5.41, 5.74) is 1.01. The van der Waals surface area contributed by atoms with Gasteiger partial charge in [-0.15, -0.1) is 0 Å². The molecule has 2 atom stereocenters. The summed E-state index contributed by atoms with van der Waals surface area (Å²) in [7, 11) is 1.78. The van der Waals surface area contributed by atoms with Gasteiger partial charge in [0.25, 0.3) is 0 Å². The molecule has 1 aromatic heterocycles. The third-order valence-electron chi connectivity index (χ3n) is 3.04. The molecule has 0 saturated heterocycles. The van der Waals surface area contributed by atoms with E-state index in [-0.39, 0.29) is 0 Å². The van der Waals surface area contributed by atoms with E-state index < -0.39 is 0 Å². The molecule has 0 aliphatic heterocycles. The van der Waals surface area contributed by atoms with Crippen molar-refractivity contribution in [3.63, 3.8) is 0 Å². The predicted molar refractivity (Wildman–Crippen MR) is 63.6 cm³/mol. The summed E-state index contributed by atoms with van der Waals surface area (Å²) in [6, 6.07) is 2.48. The van der Waals surface area contributed by atoms with Crippen LogP contribution >= 0.6 is 0 Å². The van der Waals surface area contributed by atoms with E-state index in [0.717, 1.165) is 36.6 Å². The Morgan fingerprint density at radius 2 is 2.12 bits per heavy atom. The molecule has 88 valence electrons. The lowest BCUT2D eigenvalue weighted by atomic mass is 10.2. The van der Waals surface area contributed by atoms with E-state index in [9.17, 15) is 0 Å². The number of ether oxygens (including phenoxy) is 1. The van der Waals surface area contributed by atoms with Gasteiger partial charge in [-0.25, -0.2) is 9.97 Å². The number of rotatable bonds is 3. The lowest BCUT2D eigenvalue weighted by Crippen LogP contribution is -2.18. The molecule has 1 N–H and O–H groups in total. The first-order valence-corrected chi connectivity index (χ1v) is 5.79. The van der Waals surface area contributed by atoms with Crippen LogP contribution in [0.15, 0.2) is 6.07 Å². The topological polar surface area (TPSA) is 47.0 Å². The molecule has 0 bridgehead atoms. The number of nitrogens with one attached hydrogen (secondary N) is 1. The van der Waals surface area contributed by atoms with Gasteiger partial charge in [-0.05, 0) is 33.1 Å². The summed E-state index contributed by atoms with van der Waals surface area (Å²) < 4.78 is 5.35. The molecule has 0 spiro atoms. The summed E-state index contributed by atoms with van der Waals surface area (Å²) in [5.74, 6) is 1.76. The average molecular weight is 221 g/mol. The first-order valence-electron chi connectivity index (χ1n) is 5.79. The van der Waals surface area contributed by atoms with Crippen LogP contribution in [0.1, 0.15) is 30.8 Å². The van der Waals surface area contributed by atoms with Gasteiger partial charge in [-0.1, -0.05) is 0 Å². The highest BCUT2D eigenvalue weighted by atomic mass is 16.5. The largest absolute Gasteiger partial charge is 0.381 e. The van der Waals surface area contributed by atoms with Crippen LogP contribution in [-0.2, 0) is 4.74 Å². The van der Waals surface area contributed by atoms with E-state index in [0.29, 0.717) is 12.1 Å². The third-order valence-corrected chi connectivity index (χ3v) is 3.04. The second-order valence-corrected chi connectivity index (χ2v) is 4.45. The van der Waals surface area contributed by atoms with E-state index in [1.165, 1.54) is 0 Å². The monoisotopic (exact) mass is 221 g/mol. The Morgan fingerprint density at radius 1 is 1.31 bits per heavy atom. The normalized spacial score (nSPS) is 24.7. The molecular weight excluding hydrogens is 202 g/mol. The van der Waals surface area contributed by atoms with Crippen molar-refractivity contribution >= 4 is 5.82 Å². The minimum atomic E-state index is 0.404. The zero-order valence-corrected chi connectivity index (χ0v) is 10.2. The minimum Gasteiger partial charge on any atom is -0.381 e. The van der Waals surface area contributed by atoms with Crippen molar-refractivity contribution in [2.45, 2.75) is 45.3 Å². The number of aryl methyl sites for hydroxylation is 2. The van der Waals surface area contributed by atoms with Crippen molar-refractivity contribution in [2.24, 2.45) is 0 Å². The van der Waals surface area contributed by atoms with E-state index in [1.54, 1.807) is 7.11 Å². The van der Waals surface area contributed by atoms with Crippen LogP contribution in [0.4, 0.5) is 5.82 Å². The smallest absolute Gasteiger partial charge is 0.130 e. The highest BCUT2D eigenvalue weighted by Gasteiger charge is 2.24. The second kappa shape index (κ2) is 4.78. The number of nitrogens with zero attached hydrogens (tertiary/aromatic N) is 2. The molecule has 2 rings (SSSR count). The molecule has 16 heavy (non-hydrogen) atoms. The van der Waals surface area contributed by atoms with Crippen LogP contribution in [0.5, 0.6) is 0 Å². The van der Waals surface area contributed by atoms with Crippen molar-refractivity contribution < 1.29 is 4.74 Å². The first-order chi connectivity index (χ1) is 7.67. The number of hydrogen-bond donors (Lipinski definition) is 1. The lowest BCUT2D eigenvalue weighted by Gasteiger charge is -2.14. The maximum absolute atomic E-state index is 5.35. The predicted octanol–water partition coefficient (Wildman–Crippen LogP) is 2.07. The molecular formula is C12H19N3O. The van der Waals surface area contributed by atoms with Gasteiger partial charge >= 0.3 is 0 Å². The van der Waals surface area contributed by atoms with Gasteiger partial charge in [0, 0.05) is 24.9 Å². The Hall–Kier alpha value is -1.16. The van der Waals surface area contributed by atoms with Crippen LogP contribution in [0.3, 0.4) is 0 Å². The van der Waals surface area contributed by atoms with Gasteiger partial charge in [0.05, 0.1) is 6.10 Å². The van der Waals surface area contributed by atoms with Crippen LogP contribution in [0, 0.1) is 13.8 Å². The Morgan fingerprint density at radius 3 is 2.75 bits per heavy atom. The standard InChI is InChI=1S/C12H19N3O/c1-8-6-12(14-9(2)13-8)15-10-4-5-11(7-10)16-3/h6,10-11H,4-5,7H2,1-3H3,(H,13,14,15). The molecule has 0 radical (unpaired) electrons. The van der Waals surface area contributed by atoms with Crippen molar-refractivity contribution in [1.29, 1.82) is 0 Å². The van der Waals surface area contributed by atoms with Crippen molar-refractivity contribution in [3.05, 3.63) is 17.6 Å². The molecule has 1 fully saturated rings. The highest BCUT2D eigenvalue weighted by molar-refractivity contribution is 5.37. The Balaban J connectivity index is 1.99. The molecule has 1 aliphatic carbocycles. The molecule has 1 heterocycles. The van der Waals surface area contributed by atoms with Crippen molar-refractivity contribution in [3.8, 4) is 0 Å². The molecule has 4 nitrogen and oxygen atoms in total. The zero-order chi connectivity index (χ0) is 11.5. The number of aromatic nitrogens is 2. The zero-order valence-electron chi connectivity index (χ0n) is 10.2. The maximum atomic E-state index is 5.35. The molecule has 1 aliphatic rings. The maximum Gasteiger partial charge on any atom is 0.130 e. The highest BCUT2D eigenvalue weighted by Crippen LogP contribution is 2.24. The number of hydrogen-bond acceptors (Lipinski definition) is 4. The molecule has 2 unspecified atom stereocenters. The summed E-state index contributed by atoms with van der Waals surface area (Å²) in [6.45, 7) is 3.91. The Labute approximate surface area is 96.4 Å². The van der Waals surface area contributed by atoms with Crippen molar-refractivity contribution in [2.75, 3.05) is 12.4 Å². The quantitative estimate of drug-likeness (QED) is 0.848. The summed E-state index contributed by atoms with van der Waals surface area (Å²) in [4.78, 5) is 8.65. The van der Waals surface area contributed by atoms with Crippen molar-refractivity contribution in [1.82, 2.24) is 9.97 Å². The molecule has 0 aromatic carbocycles. The van der Waals surface area contributed by atoms with Gasteiger partial charge < -0.3 is 10.1 Å². The fraction of sp³-hybridized carbons (Fsp3) is 0.667. The first kappa shape index (κ1) is 11.3. The van der Waals surface area contributed by atoms with E-state index in [1.807, 2.05) is 19.9 Å². The van der Waals surface area contributed by atoms with Gasteiger partial charge in [0.2, 0.25) is 0 Å². The number of methoxy groups -OCH3 is 1. The number of anilines is 1. The fourth-order valence-electron chi connectivity index (χ4n) is 2.29. The van der Waals surface area contributed by atoms with E-state index in [4.69, 9.17) is 4.74 Å². The van der Waals surface area contributed by atoms with E-state index in [2.05, 4.69) is 15.3 Å². The SMILES string of the molecule is COC1CCC(Nc2cc(C)nc(C)n2)C1. The van der Waals surface area contributed by atoms with Gasteiger partial charge in [0.1, 0.15) is 11.6 Å². The Kier molecular flexibility index (Phi) is 3.39. The summed E-state index contributed by atoms with van der Waals surface area (Å²) in [5, 5.41) is 3.46. The average Bonchev–Trinajstić information content (AvgIpc) is 2.64. The lowest BCUT2D eigenvalue weighted by molar-refractivity contribution is 0.108. The van der Waals surface area contributed by atoms with E-state index >= 15 is 0 Å². The minimum absolute atomic E-state index is 0.404. The summed E-state index contributed by atoms with van der Waals surface area (Å²) in [6.07, 6.45) is 3.76. The van der Waals surface area contributed by atoms with Crippen LogP contribution in [-0.4, -0.2) is 29.2 Å². The Bertz CT molecular complexity index is 347. The van der Waals surface area contributed by atoms with Gasteiger partial charge in [-0.2, -0.15) is 0 Å². The van der Waals surface area contributed by atoms with Crippen LogP contribution in [0.2, 0.25) is 0 Å². The molecule has 0 amide bonds. The fourth-order valence-corrected chi connectivity index (χ4v) is 2.29. The molecule has 1 saturated carbocycles. The second-order valence-electron chi connectivity index (χ2n) is 4.45. The van der Waals surface area contributed by atoms with Crippen LogP contribution < -0.4 is 5.32 Å². The van der Waals surface area contributed by atoms with Crippen LogP contribution in [0.25, 0.3) is 0 Å². The third kappa shape index (κ3) is 2.70. The molecule has 1 aromatic rings.